The zero-order valence-electron chi connectivity index (χ0n) is 29.3. The number of benzene rings is 9. The van der Waals surface area contributed by atoms with Gasteiger partial charge in [0.05, 0.1) is 0 Å². The van der Waals surface area contributed by atoms with Gasteiger partial charge in [-0.25, -0.2) is 0 Å². The second-order valence-corrected chi connectivity index (χ2v) is 14.6. The second-order valence-electron chi connectivity index (χ2n) is 14.6. The standard InChI is InChI=1S/C51H38/c1-31-18-19-38(29-48(31)47-17-9-16-44-41-12-5-4-11-40(41)26-33(3)51(44)47)36-22-20-35-28-37(23-21-34(35)27-36)39-24-25-43-46-15-8-10-32(2)50(46)45-14-7-6-13-42(45)49(43)30-39/h4-9,11-30,32H,10H2,1-3H3. The van der Waals surface area contributed by atoms with Crippen LogP contribution in [0, 0.1) is 13.8 Å². The highest BCUT2D eigenvalue weighted by Crippen LogP contribution is 2.43. The predicted octanol–water partition coefficient (Wildman–Crippen LogP) is 14.6. The molecule has 10 rings (SSSR count). The van der Waals surface area contributed by atoms with E-state index in [0.29, 0.717) is 5.92 Å². The van der Waals surface area contributed by atoms with Gasteiger partial charge in [-0.3, -0.25) is 0 Å². The van der Waals surface area contributed by atoms with Crippen molar-refractivity contribution in [1.29, 1.82) is 0 Å². The Balaban J connectivity index is 1.05. The fourth-order valence-corrected chi connectivity index (χ4v) is 8.94. The summed E-state index contributed by atoms with van der Waals surface area (Å²) in [7, 11) is 0. The zero-order valence-corrected chi connectivity index (χ0v) is 29.3. The molecule has 0 N–H and O–H groups in total. The van der Waals surface area contributed by atoms with Gasteiger partial charge in [-0.2, -0.15) is 0 Å². The summed E-state index contributed by atoms with van der Waals surface area (Å²) in [5, 5.41) is 13.2. The number of fused-ring (bicyclic) bond motifs is 10. The van der Waals surface area contributed by atoms with Gasteiger partial charge in [0.1, 0.15) is 0 Å². The maximum atomic E-state index is 2.41. The van der Waals surface area contributed by atoms with Crippen molar-refractivity contribution in [2.75, 3.05) is 0 Å². The molecule has 0 heterocycles. The minimum absolute atomic E-state index is 0.527. The van der Waals surface area contributed by atoms with Crippen molar-refractivity contribution < 1.29 is 0 Å². The molecule has 0 heteroatoms. The SMILES string of the molecule is Cc1ccc(-c2ccc3cc(-c4ccc5c6c(c7ccccc7c5c4)C(C)CC=C6)ccc3c2)cc1-c1cccc2c1c(C)cc1ccccc12. The summed E-state index contributed by atoms with van der Waals surface area (Å²) < 4.78 is 0. The molecule has 0 amide bonds. The molecule has 9 aromatic carbocycles. The van der Waals surface area contributed by atoms with Crippen LogP contribution < -0.4 is 0 Å². The molecule has 1 aliphatic carbocycles. The van der Waals surface area contributed by atoms with E-state index in [-0.39, 0.29) is 0 Å². The molecule has 242 valence electrons. The number of hydrogen-bond donors (Lipinski definition) is 0. The molecule has 51 heavy (non-hydrogen) atoms. The molecule has 0 aliphatic heterocycles. The molecular weight excluding hydrogens is 613 g/mol. The molecule has 1 aliphatic rings. The highest BCUT2D eigenvalue weighted by molar-refractivity contribution is 6.15. The zero-order chi connectivity index (χ0) is 34.2. The Kier molecular flexibility index (Phi) is 6.76. The highest BCUT2D eigenvalue weighted by atomic mass is 14.2. The first-order valence-electron chi connectivity index (χ1n) is 18.2. The van der Waals surface area contributed by atoms with Gasteiger partial charge in [0.2, 0.25) is 0 Å². The number of hydrogen-bond acceptors (Lipinski definition) is 0. The summed E-state index contributed by atoms with van der Waals surface area (Å²) in [5.74, 6) is 0.527. The van der Waals surface area contributed by atoms with Crippen LogP contribution in [0.4, 0.5) is 0 Å². The van der Waals surface area contributed by atoms with Crippen LogP contribution in [0.5, 0.6) is 0 Å². The minimum atomic E-state index is 0.527. The monoisotopic (exact) mass is 650 g/mol. The van der Waals surface area contributed by atoms with Crippen LogP contribution in [0.2, 0.25) is 0 Å². The van der Waals surface area contributed by atoms with E-state index in [1.54, 1.807) is 0 Å². The fourth-order valence-electron chi connectivity index (χ4n) is 8.94. The van der Waals surface area contributed by atoms with Crippen LogP contribution in [-0.2, 0) is 0 Å². The minimum Gasteiger partial charge on any atom is -0.0833 e. The molecule has 0 radical (unpaired) electrons. The van der Waals surface area contributed by atoms with Crippen LogP contribution >= 0.6 is 0 Å². The lowest BCUT2D eigenvalue weighted by Gasteiger charge is -2.23. The number of aryl methyl sites for hydroxylation is 2. The second kappa shape index (κ2) is 11.5. The van der Waals surface area contributed by atoms with E-state index in [0.717, 1.165) is 6.42 Å². The third kappa shape index (κ3) is 4.74. The van der Waals surface area contributed by atoms with E-state index >= 15 is 0 Å². The molecule has 0 spiro atoms. The van der Waals surface area contributed by atoms with E-state index in [9.17, 15) is 0 Å². The van der Waals surface area contributed by atoms with E-state index in [1.165, 1.54) is 109 Å². The molecule has 0 bridgehead atoms. The summed E-state index contributed by atoms with van der Waals surface area (Å²) in [4.78, 5) is 0. The van der Waals surface area contributed by atoms with E-state index in [4.69, 9.17) is 0 Å². The van der Waals surface area contributed by atoms with Crippen LogP contribution in [0.15, 0.2) is 152 Å². The van der Waals surface area contributed by atoms with Crippen molar-refractivity contribution in [3.05, 3.63) is 174 Å². The Morgan fingerprint density at radius 1 is 0.431 bits per heavy atom. The topological polar surface area (TPSA) is 0 Å². The molecule has 1 unspecified atom stereocenters. The first-order valence-corrected chi connectivity index (χ1v) is 18.2. The van der Waals surface area contributed by atoms with Gasteiger partial charge >= 0.3 is 0 Å². The fraction of sp³-hybridized carbons (Fsp3) is 0.0980. The van der Waals surface area contributed by atoms with Crippen LogP contribution in [0.3, 0.4) is 0 Å². The number of rotatable bonds is 3. The number of allylic oxidation sites excluding steroid dienone is 1. The third-order valence-corrected chi connectivity index (χ3v) is 11.5. The summed E-state index contributed by atoms with van der Waals surface area (Å²) in [5.41, 5.74) is 13.1. The molecule has 9 aromatic rings. The Morgan fingerprint density at radius 3 is 1.88 bits per heavy atom. The van der Waals surface area contributed by atoms with Crippen molar-refractivity contribution in [3.63, 3.8) is 0 Å². The van der Waals surface area contributed by atoms with Gasteiger partial charge in [0.25, 0.3) is 0 Å². The van der Waals surface area contributed by atoms with Crippen molar-refractivity contribution in [2.45, 2.75) is 33.1 Å². The van der Waals surface area contributed by atoms with Gasteiger partial charge in [-0.05, 0) is 160 Å². The van der Waals surface area contributed by atoms with Crippen molar-refractivity contribution in [1.82, 2.24) is 0 Å². The molecule has 0 fully saturated rings. The average Bonchev–Trinajstić information content (AvgIpc) is 3.17. The maximum absolute atomic E-state index is 2.41. The highest BCUT2D eigenvalue weighted by Gasteiger charge is 2.20. The third-order valence-electron chi connectivity index (χ3n) is 11.5. The van der Waals surface area contributed by atoms with Crippen molar-refractivity contribution >= 4 is 59.9 Å². The van der Waals surface area contributed by atoms with Crippen molar-refractivity contribution in [3.8, 4) is 33.4 Å². The van der Waals surface area contributed by atoms with Gasteiger partial charge in [0, 0.05) is 0 Å². The molecular formula is C51H38. The molecule has 0 nitrogen and oxygen atoms in total. The van der Waals surface area contributed by atoms with E-state index in [1.807, 2.05) is 0 Å². The average molecular weight is 651 g/mol. The van der Waals surface area contributed by atoms with Gasteiger partial charge in [-0.1, -0.05) is 140 Å². The Labute approximate surface area is 299 Å². The quantitative estimate of drug-likeness (QED) is 0.167. The molecule has 0 saturated heterocycles. The van der Waals surface area contributed by atoms with Gasteiger partial charge in [-0.15, -0.1) is 0 Å². The Hall–Kier alpha value is -5.98. The summed E-state index contributed by atoms with van der Waals surface area (Å²) in [6.45, 7) is 6.85. The predicted molar refractivity (Wildman–Crippen MR) is 222 cm³/mol. The lowest BCUT2D eigenvalue weighted by atomic mass is 9.81. The first kappa shape index (κ1) is 29.9. The first-order chi connectivity index (χ1) is 25.0. The summed E-state index contributed by atoms with van der Waals surface area (Å²) in [6.07, 6.45) is 5.79. The lowest BCUT2D eigenvalue weighted by Crippen LogP contribution is -2.02. The van der Waals surface area contributed by atoms with Crippen LogP contribution in [0.1, 0.15) is 41.5 Å². The van der Waals surface area contributed by atoms with E-state index in [2.05, 4.69) is 179 Å². The normalized spacial score (nSPS) is 14.2. The Morgan fingerprint density at radius 2 is 1.08 bits per heavy atom. The molecule has 0 saturated carbocycles. The summed E-state index contributed by atoms with van der Waals surface area (Å²) in [6, 6.07) is 54.7. The smallest absolute Gasteiger partial charge is 0.00696 e. The van der Waals surface area contributed by atoms with Gasteiger partial charge < -0.3 is 0 Å². The van der Waals surface area contributed by atoms with E-state index < -0.39 is 0 Å². The Bertz CT molecular complexity index is 2920. The molecule has 1 atom stereocenters. The van der Waals surface area contributed by atoms with Gasteiger partial charge in [0.15, 0.2) is 0 Å². The van der Waals surface area contributed by atoms with Crippen LogP contribution in [0.25, 0.3) is 93.3 Å². The van der Waals surface area contributed by atoms with Crippen LogP contribution in [-0.4, -0.2) is 0 Å². The lowest BCUT2D eigenvalue weighted by molar-refractivity contribution is 0.781. The maximum Gasteiger partial charge on any atom is -0.00696 e. The van der Waals surface area contributed by atoms with Crippen molar-refractivity contribution in [2.24, 2.45) is 0 Å². The largest absolute Gasteiger partial charge is 0.0833 e. The summed E-state index contributed by atoms with van der Waals surface area (Å²) >= 11 is 0. The molecule has 0 aromatic heterocycles.